The molecular formula is C12H14N2O2S. The first-order valence-corrected chi connectivity index (χ1v) is 6.53. The Labute approximate surface area is 103 Å². The third kappa shape index (κ3) is 3.49. The number of hydrogen-bond acceptors (Lipinski definition) is 3. The summed E-state index contributed by atoms with van der Waals surface area (Å²) >= 11 is 1.64. The topological polar surface area (TPSA) is 66.0 Å². The summed E-state index contributed by atoms with van der Waals surface area (Å²) in [5.41, 5.74) is 2.01. The summed E-state index contributed by atoms with van der Waals surface area (Å²) in [6, 6.07) is 7.91. The highest BCUT2D eigenvalue weighted by Gasteiger charge is 2.02. The number of aromatic nitrogens is 2. The number of benzene rings is 1. The van der Waals surface area contributed by atoms with E-state index in [9.17, 15) is 4.79 Å². The first-order valence-electron chi connectivity index (χ1n) is 5.55. The largest absolute Gasteiger partial charge is 0.481 e. The van der Waals surface area contributed by atoms with Crippen LogP contribution in [0.4, 0.5) is 0 Å². The molecule has 0 spiro atoms. The van der Waals surface area contributed by atoms with Crippen molar-refractivity contribution in [3.8, 4) is 0 Å². The number of nitrogens with one attached hydrogen (secondary N) is 1. The van der Waals surface area contributed by atoms with Crippen molar-refractivity contribution in [2.24, 2.45) is 0 Å². The molecule has 5 heteroatoms. The number of H-pyrrole nitrogens is 1. The Kier molecular flexibility index (Phi) is 4.03. The van der Waals surface area contributed by atoms with Crippen molar-refractivity contribution in [3.63, 3.8) is 0 Å². The second kappa shape index (κ2) is 5.72. The minimum atomic E-state index is -0.723. The number of fused-ring (bicyclic) bond motifs is 1. The van der Waals surface area contributed by atoms with E-state index < -0.39 is 5.97 Å². The predicted molar refractivity (Wildman–Crippen MR) is 68.3 cm³/mol. The molecule has 1 aromatic heterocycles. The van der Waals surface area contributed by atoms with Gasteiger partial charge in [-0.2, -0.15) is 0 Å². The fourth-order valence-electron chi connectivity index (χ4n) is 1.54. The summed E-state index contributed by atoms with van der Waals surface area (Å²) in [5.74, 6) is 0.173. The van der Waals surface area contributed by atoms with Crippen molar-refractivity contribution in [3.05, 3.63) is 24.3 Å². The molecule has 1 heterocycles. The lowest BCUT2D eigenvalue weighted by Gasteiger charge is -1.96. The number of rotatable bonds is 6. The van der Waals surface area contributed by atoms with Crippen molar-refractivity contribution < 1.29 is 9.90 Å². The SMILES string of the molecule is O=C(O)CCCCSc1nc2ccccc2[nH]1. The Hall–Kier alpha value is -1.49. The number of carboxylic acids is 1. The van der Waals surface area contributed by atoms with Gasteiger partial charge < -0.3 is 10.1 Å². The summed E-state index contributed by atoms with van der Waals surface area (Å²) in [6.07, 6.45) is 1.87. The van der Waals surface area contributed by atoms with Crippen LogP contribution in [0, 0.1) is 0 Å². The Morgan fingerprint density at radius 3 is 2.94 bits per heavy atom. The van der Waals surface area contributed by atoms with Crippen LogP contribution in [0.2, 0.25) is 0 Å². The van der Waals surface area contributed by atoms with Gasteiger partial charge in [-0.3, -0.25) is 4.79 Å². The number of carboxylic acid groups (broad SMARTS) is 1. The molecule has 90 valence electrons. The quantitative estimate of drug-likeness (QED) is 0.611. The maximum atomic E-state index is 10.3. The van der Waals surface area contributed by atoms with Gasteiger partial charge in [0, 0.05) is 12.2 Å². The van der Waals surface area contributed by atoms with Crippen LogP contribution < -0.4 is 0 Å². The maximum absolute atomic E-state index is 10.3. The molecule has 0 aliphatic carbocycles. The van der Waals surface area contributed by atoms with E-state index in [-0.39, 0.29) is 6.42 Å². The second-order valence-corrected chi connectivity index (χ2v) is 4.84. The van der Waals surface area contributed by atoms with Crippen molar-refractivity contribution in [2.45, 2.75) is 24.4 Å². The average Bonchev–Trinajstić information content (AvgIpc) is 2.70. The number of para-hydroxylation sites is 2. The minimum Gasteiger partial charge on any atom is -0.481 e. The molecule has 0 radical (unpaired) electrons. The lowest BCUT2D eigenvalue weighted by atomic mass is 10.3. The molecular weight excluding hydrogens is 236 g/mol. The molecule has 0 bridgehead atoms. The Morgan fingerprint density at radius 2 is 2.18 bits per heavy atom. The van der Waals surface area contributed by atoms with Gasteiger partial charge in [-0.25, -0.2) is 4.98 Å². The number of unbranched alkanes of at least 4 members (excludes halogenated alkanes) is 1. The molecule has 4 nitrogen and oxygen atoms in total. The molecule has 1 aromatic carbocycles. The zero-order valence-corrected chi connectivity index (χ0v) is 10.2. The highest BCUT2D eigenvalue weighted by Crippen LogP contribution is 2.20. The smallest absolute Gasteiger partial charge is 0.303 e. The monoisotopic (exact) mass is 250 g/mol. The molecule has 0 fully saturated rings. The van der Waals surface area contributed by atoms with Crippen LogP contribution in [0.25, 0.3) is 11.0 Å². The molecule has 0 saturated heterocycles. The van der Waals surface area contributed by atoms with Crippen LogP contribution >= 0.6 is 11.8 Å². The molecule has 0 saturated carbocycles. The van der Waals surface area contributed by atoms with Crippen molar-refractivity contribution in [1.82, 2.24) is 9.97 Å². The summed E-state index contributed by atoms with van der Waals surface area (Å²) in [6.45, 7) is 0. The summed E-state index contributed by atoms with van der Waals surface area (Å²) < 4.78 is 0. The van der Waals surface area contributed by atoms with Gasteiger partial charge in [0.2, 0.25) is 0 Å². The second-order valence-electron chi connectivity index (χ2n) is 3.76. The van der Waals surface area contributed by atoms with Gasteiger partial charge in [-0.15, -0.1) is 0 Å². The Balaban J connectivity index is 1.81. The normalized spacial score (nSPS) is 10.8. The average molecular weight is 250 g/mol. The van der Waals surface area contributed by atoms with E-state index in [1.807, 2.05) is 24.3 Å². The molecule has 17 heavy (non-hydrogen) atoms. The Bertz CT molecular complexity index is 477. The fourth-order valence-corrected chi connectivity index (χ4v) is 2.43. The lowest BCUT2D eigenvalue weighted by Crippen LogP contribution is -1.94. The number of thioether (sulfide) groups is 1. The van der Waals surface area contributed by atoms with E-state index in [4.69, 9.17) is 5.11 Å². The van der Waals surface area contributed by atoms with Gasteiger partial charge >= 0.3 is 5.97 Å². The van der Waals surface area contributed by atoms with Crippen molar-refractivity contribution in [2.75, 3.05) is 5.75 Å². The summed E-state index contributed by atoms with van der Waals surface area (Å²) in [4.78, 5) is 18.0. The minimum absolute atomic E-state index is 0.251. The first kappa shape index (κ1) is 12.0. The third-order valence-corrected chi connectivity index (χ3v) is 3.35. The number of nitrogens with zero attached hydrogens (tertiary/aromatic N) is 1. The number of imidazole rings is 1. The molecule has 2 N–H and O–H groups in total. The van der Waals surface area contributed by atoms with Crippen LogP contribution in [0.1, 0.15) is 19.3 Å². The molecule has 0 atom stereocenters. The van der Waals surface area contributed by atoms with Crippen LogP contribution in [0.3, 0.4) is 0 Å². The number of carbonyl (C=O) groups is 1. The number of aromatic amines is 1. The van der Waals surface area contributed by atoms with Crippen LogP contribution in [-0.4, -0.2) is 26.8 Å². The maximum Gasteiger partial charge on any atom is 0.303 e. The molecule has 0 amide bonds. The van der Waals surface area contributed by atoms with Crippen LogP contribution in [0.5, 0.6) is 0 Å². The molecule has 0 aliphatic rings. The van der Waals surface area contributed by atoms with Crippen molar-refractivity contribution >= 4 is 28.8 Å². The molecule has 0 aliphatic heterocycles. The van der Waals surface area contributed by atoms with E-state index in [0.717, 1.165) is 34.8 Å². The molecule has 2 rings (SSSR count). The predicted octanol–water partition coefficient (Wildman–Crippen LogP) is 2.91. The van der Waals surface area contributed by atoms with E-state index in [1.165, 1.54) is 0 Å². The van der Waals surface area contributed by atoms with Gasteiger partial charge in [0.15, 0.2) is 5.16 Å². The number of aliphatic carboxylic acids is 1. The van der Waals surface area contributed by atoms with Crippen LogP contribution in [-0.2, 0) is 4.79 Å². The molecule has 0 unspecified atom stereocenters. The Morgan fingerprint density at radius 1 is 1.35 bits per heavy atom. The zero-order valence-electron chi connectivity index (χ0n) is 9.35. The van der Waals surface area contributed by atoms with Gasteiger partial charge in [-0.05, 0) is 25.0 Å². The summed E-state index contributed by atoms with van der Waals surface area (Å²) in [7, 11) is 0. The van der Waals surface area contributed by atoms with Gasteiger partial charge in [0.25, 0.3) is 0 Å². The van der Waals surface area contributed by atoms with Crippen LogP contribution in [0.15, 0.2) is 29.4 Å². The van der Waals surface area contributed by atoms with E-state index >= 15 is 0 Å². The van der Waals surface area contributed by atoms with Gasteiger partial charge in [0.1, 0.15) is 0 Å². The standard InChI is InChI=1S/C12H14N2O2S/c15-11(16)7-3-4-8-17-12-13-9-5-1-2-6-10(9)14-12/h1-2,5-6H,3-4,7-8H2,(H,13,14)(H,15,16). The third-order valence-electron chi connectivity index (χ3n) is 2.39. The fraction of sp³-hybridized carbons (Fsp3) is 0.333. The first-order chi connectivity index (χ1) is 8.25. The van der Waals surface area contributed by atoms with E-state index in [2.05, 4.69) is 9.97 Å². The van der Waals surface area contributed by atoms with Gasteiger partial charge in [0.05, 0.1) is 11.0 Å². The van der Waals surface area contributed by atoms with E-state index in [0.29, 0.717) is 0 Å². The number of hydrogen-bond donors (Lipinski definition) is 2. The highest BCUT2D eigenvalue weighted by molar-refractivity contribution is 7.99. The van der Waals surface area contributed by atoms with Gasteiger partial charge in [-0.1, -0.05) is 23.9 Å². The zero-order chi connectivity index (χ0) is 12.1. The van der Waals surface area contributed by atoms with E-state index in [1.54, 1.807) is 11.8 Å². The molecule has 2 aromatic rings. The van der Waals surface area contributed by atoms with Crippen molar-refractivity contribution in [1.29, 1.82) is 0 Å². The summed E-state index contributed by atoms with van der Waals surface area (Å²) in [5, 5.41) is 9.40. The lowest BCUT2D eigenvalue weighted by molar-refractivity contribution is -0.137. The highest BCUT2D eigenvalue weighted by atomic mass is 32.2.